The first-order chi connectivity index (χ1) is 8.38. The first-order valence-corrected chi connectivity index (χ1v) is 7.50. The molecule has 1 aromatic rings. The Morgan fingerprint density at radius 2 is 1.94 bits per heavy atom. The molecule has 0 aliphatic carbocycles. The molecular weight excluding hydrogens is 254 g/mol. The smallest absolute Gasteiger partial charge is 0.246 e. The molecule has 6 heteroatoms. The van der Waals surface area contributed by atoms with Gasteiger partial charge >= 0.3 is 0 Å². The van der Waals surface area contributed by atoms with Crippen molar-refractivity contribution in [3.63, 3.8) is 0 Å². The van der Waals surface area contributed by atoms with Gasteiger partial charge in [-0.2, -0.15) is 4.31 Å². The lowest BCUT2D eigenvalue weighted by atomic mass is 10.2. The molecule has 0 aromatic carbocycles. The highest BCUT2D eigenvalue weighted by atomic mass is 32.2. The van der Waals surface area contributed by atoms with Gasteiger partial charge in [-0.05, 0) is 19.8 Å². The van der Waals surface area contributed by atoms with Gasteiger partial charge in [0.05, 0.1) is 0 Å². The van der Waals surface area contributed by atoms with Gasteiger partial charge in [0.25, 0.3) is 0 Å². The summed E-state index contributed by atoms with van der Waals surface area (Å²) in [7, 11) is -1.97. The molecule has 18 heavy (non-hydrogen) atoms. The lowest BCUT2D eigenvalue weighted by molar-refractivity contribution is 0.244. The highest BCUT2D eigenvalue weighted by molar-refractivity contribution is 7.89. The zero-order valence-electron chi connectivity index (χ0n) is 11.3. The van der Waals surface area contributed by atoms with Gasteiger partial charge in [0.1, 0.15) is 23.0 Å². The molecule has 1 aromatic heterocycles. The number of furan rings is 1. The third-order valence-corrected chi connectivity index (χ3v) is 5.21. The SMILES string of the molecule is CCC(CC)N(C)S(=O)(=O)c1cc(CO)oc1C. The molecule has 0 atom stereocenters. The summed E-state index contributed by atoms with van der Waals surface area (Å²) in [4.78, 5) is 0.140. The molecule has 0 fully saturated rings. The Kier molecular flexibility index (Phi) is 4.95. The molecule has 0 radical (unpaired) electrons. The summed E-state index contributed by atoms with van der Waals surface area (Å²) < 4.78 is 31.4. The second-order valence-corrected chi connectivity index (χ2v) is 6.25. The molecule has 0 spiro atoms. The van der Waals surface area contributed by atoms with E-state index in [1.54, 1.807) is 14.0 Å². The second kappa shape index (κ2) is 5.86. The molecule has 0 aliphatic rings. The van der Waals surface area contributed by atoms with Crippen LogP contribution >= 0.6 is 0 Å². The van der Waals surface area contributed by atoms with Gasteiger partial charge in [-0.15, -0.1) is 0 Å². The predicted molar refractivity (Wildman–Crippen MR) is 68.7 cm³/mol. The van der Waals surface area contributed by atoms with Crippen molar-refractivity contribution in [1.29, 1.82) is 0 Å². The number of rotatable bonds is 6. The molecule has 5 nitrogen and oxygen atoms in total. The number of hydrogen-bond acceptors (Lipinski definition) is 4. The standard InChI is InChI=1S/C12H21NO4S/c1-5-10(6-2)13(4)18(15,16)12-7-11(8-14)17-9(12)3/h7,10,14H,5-6,8H2,1-4H3. The van der Waals surface area contributed by atoms with Crippen molar-refractivity contribution >= 4 is 10.0 Å². The van der Waals surface area contributed by atoms with Crippen LogP contribution in [-0.2, 0) is 16.6 Å². The van der Waals surface area contributed by atoms with E-state index in [1.807, 2.05) is 13.8 Å². The van der Waals surface area contributed by atoms with Gasteiger partial charge in [0, 0.05) is 19.2 Å². The van der Waals surface area contributed by atoms with Crippen molar-refractivity contribution in [2.45, 2.75) is 51.2 Å². The van der Waals surface area contributed by atoms with E-state index in [0.29, 0.717) is 5.76 Å². The van der Waals surface area contributed by atoms with Crippen molar-refractivity contribution in [3.05, 3.63) is 17.6 Å². The molecule has 0 amide bonds. The fraction of sp³-hybridized carbons (Fsp3) is 0.667. The number of aryl methyl sites for hydroxylation is 1. The van der Waals surface area contributed by atoms with Gasteiger partial charge < -0.3 is 9.52 Å². The zero-order valence-corrected chi connectivity index (χ0v) is 12.1. The van der Waals surface area contributed by atoms with Crippen molar-refractivity contribution in [2.24, 2.45) is 0 Å². The number of aliphatic hydroxyl groups excluding tert-OH is 1. The van der Waals surface area contributed by atoms with Crippen LogP contribution in [0.15, 0.2) is 15.4 Å². The van der Waals surface area contributed by atoms with E-state index in [4.69, 9.17) is 9.52 Å². The topological polar surface area (TPSA) is 70.8 Å². The molecule has 0 unspecified atom stereocenters. The van der Waals surface area contributed by atoms with E-state index in [-0.39, 0.29) is 23.3 Å². The van der Waals surface area contributed by atoms with Crippen LogP contribution in [0.3, 0.4) is 0 Å². The predicted octanol–water partition coefficient (Wildman–Crippen LogP) is 1.89. The van der Waals surface area contributed by atoms with E-state index in [1.165, 1.54) is 10.4 Å². The van der Waals surface area contributed by atoms with E-state index >= 15 is 0 Å². The van der Waals surface area contributed by atoms with E-state index in [0.717, 1.165) is 12.8 Å². The minimum atomic E-state index is -3.55. The van der Waals surface area contributed by atoms with E-state index in [2.05, 4.69) is 0 Å². The van der Waals surface area contributed by atoms with Crippen LogP contribution in [0.25, 0.3) is 0 Å². The number of aliphatic hydroxyl groups is 1. The van der Waals surface area contributed by atoms with Crippen molar-refractivity contribution in [1.82, 2.24) is 4.31 Å². The Bertz CT molecular complexity index is 488. The van der Waals surface area contributed by atoms with Crippen LogP contribution in [0, 0.1) is 6.92 Å². The fourth-order valence-electron chi connectivity index (χ4n) is 2.01. The number of nitrogens with zero attached hydrogens (tertiary/aromatic N) is 1. The minimum Gasteiger partial charge on any atom is -0.462 e. The summed E-state index contributed by atoms with van der Waals surface area (Å²) in [6, 6.07) is 1.37. The van der Waals surface area contributed by atoms with Crippen LogP contribution in [0.5, 0.6) is 0 Å². The van der Waals surface area contributed by atoms with Crippen molar-refractivity contribution < 1.29 is 17.9 Å². The Balaban J connectivity index is 3.16. The second-order valence-electron chi connectivity index (χ2n) is 4.28. The summed E-state index contributed by atoms with van der Waals surface area (Å²) in [6.07, 6.45) is 1.52. The van der Waals surface area contributed by atoms with E-state index in [9.17, 15) is 8.42 Å². The molecule has 104 valence electrons. The van der Waals surface area contributed by atoms with Gasteiger partial charge in [0.15, 0.2) is 0 Å². The molecular formula is C12H21NO4S. The highest BCUT2D eigenvalue weighted by Crippen LogP contribution is 2.25. The Hall–Kier alpha value is -0.850. The van der Waals surface area contributed by atoms with Crippen molar-refractivity contribution in [3.8, 4) is 0 Å². The molecule has 1 N–H and O–H groups in total. The maximum absolute atomic E-state index is 12.4. The summed E-state index contributed by atoms with van der Waals surface area (Å²) in [5, 5.41) is 8.98. The quantitative estimate of drug-likeness (QED) is 0.860. The first-order valence-electron chi connectivity index (χ1n) is 6.06. The average molecular weight is 275 g/mol. The minimum absolute atomic E-state index is 0.0260. The summed E-state index contributed by atoms with van der Waals surface area (Å²) in [5.74, 6) is 0.584. The summed E-state index contributed by atoms with van der Waals surface area (Å²) in [5.41, 5.74) is 0. The zero-order chi connectivity index (χ0) is 13.9. The summed E-state index contributed by atoms with van der Waals surface area (Å²) in [6.45, 7) is 5.21. The fourth-order valence-corrected chi connectivity index (χ4v) is 3.70. The molecule has 0 bridgehead atoms. The number of hydrogen-bond donors (Lipinski definition) is 1. The number of sulfonamides is 1. The Morgan fingerprint density at radius 3 is 2.33 bits per heavy atom. The molecule has 1 rings (SSSR count). The highest BCUT2D eigenvalue weighted by Gasteiger charge is 2.29. The normalized spacial score (nSPS) is 12.6. The van der Waals surface area contributed by atoms with Gasteiger partial charge in [-0.25, -0.2) is 8.42 Å². The maximum Gasteiger partial charge on any atom is 0.246 e. The van der Waals surface area contributed by atoms with Gasteiger partial charge in [-0.1, -0.05) is 13.8 Å². The summed E-state index contributed by atoms with van der Waals surface area (Å²) >= 11 is 0. The lowest BCUT2D eigenvalue weighted by Crippen LogP contribution is -2.36. The third kappa shape index (κ3) is 2.76. The van der Waals surface area contributed by atoms with Crippen LogP contribution < -0.4 is 0 Å². The Labute approximate surface area is 108 Å². The maximum atomic E-state index is 12.4. The van der Waals surface area contributed by atoms with E-state index < -0.39 is 10.0 Å². The molecule has 0 saturated carbocycles. The molecule has 0 aliphatic heterocycles. The van der Waals surface area contributed by atoms with Crippen LogP contribution in [0.4, 0.5) is 0 Å². The van der Waals surface area contributed by atoms with Crippen molar-refractivity contribution in [2.75, 3.05) is 7.05 Å². The first kappa shape index (κ1) is 15.2. The van der Waals surface area contributed by atoms with Crippen LogP contribution in [0.2, 0.25) is 0 Å². The third-order valence-electron chi connectivity index (χ3n) is 3.19. The van der Waals surface area contributed by atoms with Gasteiger partial charge in [0.2, 0.25) is 10.0 Å². The molecule has 1 heterocycles. The van der Waals surface area contributed by atoms with Crippen LogP contribution in [-0.4, -0.2) is 30.9 Å². The molecule has 0 saturated heterocycles. The average Bonchev–Trinajstić information content (AvgIpc) is 2.72. The van der Waals surface area contributed by atoms with Crippen LogP contribution in [0.1, 0.15) is 38.2 Å². The monoisotopic (exact) mass is 275 g/mol. The largest absolute Gasteiger partial charge is 0.462 e. The van der Waals surface area contributed by atoms with Gasteiger partial charge in [-0.3, -0.25) is 0 Å². The lowest BCUT2D eigenvalue weighted by Gasteiger charge is -2.25. The Morgan fingerprint density at radius 1 is 1.39 bits per heavy atom.